The van der Waals surface area contributed by atoms with Gasteiger partial charge in [0.1, 0.15) is 0 Å². The van der Waals surface area contributed by atoms with Gasteiger partial charge in [-0.3, -0.25) is 9.59 Å². The lowest BCUT2D eigenvalue weighted by molar-refractivity contribution is -0.136. The highest BCUT2D eigenvalue weighted by Gasteiger charge is 2.12. The van der Waals surface area contributed by atoms with Crippen molar-refractivity contribution in [3.63, 3.8) is 0 Å². The van der Waals surface area contributed by atoms with Gasteiger partial charge in [-0.1, -0.05) is 13.0 Å². The van der Waals surface area contributed by atoms with E-state index in [9.17, 15) is 9.59 Å². The van der Waals surface area contributed by atoms with Crippen molar-refractivity contribution >= 4 is 29.3 Å². The molecule has 0 aromatic heterocycles. The Hall–Kier alpha value is -1.49. The normalized spacial score (nSPS) is 9.76. The molecule has 4 nitrogen and oxygen atoms in total. The molecule has 2 amide bonds. The second kappa shape index (κ2) is 6.96. The molecule has 0 bridgehead atoms. The number of nitrogens with one attached hydrogen (secondary N) is 2. The minimum Gasteiger partial charge on any atom is -0.348 e. The van der Waals surface area contributed by atoms with Crippen LogP contribution in [0.25, 0.3) is 0 Å². The lowest BCUT2D eigenvalue weighted by atomic mass is 10.3. The van der Waals surface area contributed by atoms with Gasteiger partial charge in [-0.25, -0.2) is 0 Å². The van der Waals surface area contributed by atoms with Crippen LogP contribution in [0.15, 0.2) is 29.2 Å². The van der Waals surface area contributed by atoms with Crippen LogP contribution in [-0.2, 0) is 9.59 Å². The number of benzene rings is 1. The van der Waals surface area contributed by atoms with Crippen LogP contribution in [0.2, 0.25) is 0 Å². The topological polar surface area (TPSA) is 58.2 Å². The van der Waals surface area contributed by atoms with E-state index in [2.05, 4.69) is 10.6 Å². The Morgan fingerprint density at radius 1 is 1.29 bits per heavy atom. The summed E-state index contributed by atoms with van der Waals surface area (Å²) in [6, 6.07) is 7.36. The summed E-state index contributed by atoms with van der Waals surface area (Å²) < 4.78 is 0. The highest BCUT2D eigenvalue weighted by Crippen LogP contribution is 2.18. The van der Waals surface area contributed by atoms with Crippen molar-refractivity contribution in [2.45, 2.75) is 18.2 Å². The van der Waals surface area contributed by atoms with Gasteiger partial charge in [0.25, 0.3) is 0 Å². The van der Waals surface area contributed by atoms with Crippen LogP contribution in [-0.4, -0.2) is 24.6 Å². The van der Waals surface area contributed by atoms with Crippen LogP contribution in [0.1, 0.15) is 13.3 Å². The van der Waals surface area contributed by atoms with Crippen molar-refractivity contribution in [2.24, 2.45) is 0 Å². The Labute approximate surface area is 105 Å². The quantitative estimate of drug-likeness (QED) is 0.635. The number of rotatable bonds is 4. The number of thioether (sulfide) groups is 1. The lowest BCUT2D eigenvalue weighted by Crippen LogP contribution is -2.35. The standard InChI is InChI=1S/C12H16N2O2S/c1-3-7-13-11(15)12(16)14-9-5-4-6-10(8-9)17-2/h4-6,8H,3,7H2,1-2H3,(H,13,15)(H,14,16). The van der Waals surface area contributed by atoms with Gasteiger partial charge in [0, 0.05) is 17.1 Å². The molecule has 0 unspecified atom stereocenters. The van der Waals surface area contributed by atoms with Crippen LogP contribution in [0, 0.1) is 0 Å². The Morgan fingerprint density at radius 2 is 2.06 bits per heavy atom. The van der Waals surface area contributed by atoms with Gasteiger partial charge in [-0.15, -0.1) is 11.8 Å². The second-order valence-electron chi connectivity index (χ2n) is 3.44. The summed E-state index contributed by atoms with van der Waals surface area (Å²) in [6.45, 7) is 2.44. The maximum Gasteiger partial charge on any atom is 0.313 e. The van der Waals surface area contributed by atoms with Crippen LogP contribution in [0.4, 0.5) is 5.69 Å². The van der Waals surface area contributed by atoms with Crippen LogP contribution in [0.3, 0.4) is 0 Å². The van der Waals surface area contributed by atoms with E-state index in [0.29, 0.717) is 12.2 Å². The number of hydrogen-bond donors (Lipinski definition) is 2. The third-order valence-electron chi connectivity index (χ3n) is 2.07. The summed E-state index contributed by atoms with van der Waals surface area (Å²) in [7, 11) is 0. The summed E-state index contributed by atoms with van der Waals surface area (Å²) in [5.41, 5.74) is 0.633. The molecule has 0 saturated heterocycles. The molecule has 0 aliphatic heterocycles. The summed E-state index contributed by atoms with van der Waals surface area (Å²) in [5, 5.41) is 5.09. The number of amides is 2. The summed E-state index contributed by atoms with van der Waals surface area (Å²) in [6.07, 6.45) is 2.76. The zero-order valence-corrected chi connectivity index (χ0v) is 10.8. The van der Waals surface area contributed by atoms with Crippen molar-refractivity contribution in [3.05, 3.63) is 24.3 Å². The molecule has 0 radical (unpaired) electrons. The molecule has 0 fully saturated rings. The van der Waals surface area contributed by atoms with E-state index in [1.807, 2.05) is 31.4 Å². The van der Waals surface area contributed by atoms with E-state index in [-0.39, 0.29) is 0 Å². The minimum atomic E-state index is -0.628. The molecule has 0 saturated carbocycles. The minimum absolute atomic E-state index is 0.511. The molecule has 1 rings (SSSR count). The molecule has 0 aliphatic rings. The number of carbonyl (C=O) groups excluding carboxylic acids is 2. The molecule has 0 atom stereocenters. The third kappa shape index (κ3) is 4.48. The molecule has 0 spiro atoms. The maximum absolute atomic E-state index is 11.5. The van der Waals surface area contributed by atoms with Crippen molar-refractivity contribution in [3.8, 4) is 0 Å². The van der Waals surface area contributed by atoms with Crippen molar-refractivity contribution in [1.29, 1.82) is 0 Å². The monoisotopic (exact) mass is 252 g/mol. The molecule has 92 valence electrons. The first kappa shape index (κ1) is 13.6. The molecule has 2 N–H and O–H groups in total. The molecule has 17 heavy (non-hydrogen) atoms. The second-order valence-corrected chi connectivity index (χ2v) is 4.32. The van der Waals surface area contributed by atoms with Gasteiger partial charge in [-0.05, 0) is 30.9 Å². The van der Waals surface area contributed by atoms with E-state index < -0.39 is 11.8 Å². The van der Waals surface area contributed by atoms with Gasteiger partial charge in [0.15, 0.2) is 0 Å². The van der Waals surface area contributed by atoms with Crippen molar-refractivity contribution in [2.75, 3.05) is 18.1 Å². The van der Waals surface area contributed by atoms with Gasteiger partial charge in [0.2, 0.25) is 0 Å². The summed E-state index contributed by atoms with van der Waals surface area (Å²) >= 11 is 1.58. The van der Waals surface area contributed by atoms with Crippen LogP contribution in [0.5, 0.6) is 0 Å². The Morgan fingerprint density at radius 3 is 2.71 bits per heavy atom. The van der Waals surface area contributed by atoms with E-state index in [0.717, 1.165) is 11.3 Å². The van der Waals surface area contributed by atoms with Crippen LogP contribution >= 0.6 is 11.8 Å². The van der Waals surface area contributed by atoms with Gasteiger partial charge in [0.05, 0.1) is 0 Å². The van der Waals surface area contributed by atoms with E-state index >= 15 is 0 Å². The van der Waals surface area contributed by atoms with Crippen molar-refractivity contribution < 1.29 is 9.59 Å². The fourth-order valence-corrected chi connectivity index (χ4v) is 1.67. The molecule has 5 heteroatoms. The fourth-order valence-electron chi connectivity index (χ4n) is 1.21. The zero-order valence-electron chi connectivity index (χ0n) is 9.95. The fraction of sp³-hybridized carbons (Fsp3) is 0.333. The number of hydrogen-bond acceptors (Lipinski definition) is 3. The van der Waals surface area contributed by atoms with Gasteiger partial charge < -0.3 is 10.6 Å². The van der Waals surface area contributed by atoms with E-state index in [4.69, 9.17) is 0 Å². The predicted octanol–water partition coefficient (Wildman–Crippen LogP) is 1.87. The first-order chi connectivity index (χ1) is 8.17. The van der Waals surface area contributed by atoms with E-state index in [1.54, 1.807) is 17.8 Å². The average molecular weight is 252 g/mol. The summed E-state index contributed by atoms with van der Waals surface area (Å²) in [4.78, 5) is 23.9. The number of anilines is 1. The lowest BCUT2D eigenvalue weighted by Gasteiger charge is -2.06. The molecule has 1 aromatic carbocycles. The Balaban J connectivity index is 2.58. The first-order valence-electron chi connectivity index (χ1n) is 5.40. The molecular formula is C12H16N2O2S. The van der Waals surface area contributed by atoms with Gasteiger partial charge in [-0.2, -0.15) is 0 Å². The largest absolute Gasteiger partial charge is 0.348 e. The molecule has 0 heterocycles. The molecule has 0 aliphatic carbocycles. The smallest absolute Gasteiger partial charge is 0.313 e. The van der Waals surface area contributed by atoms with Crippen LogP contribution < -0.4 is 10.6 Å². The predicted molar refractivity (Wildman–Crippen MR) is 70.2 cm³/mol. The highest BCUT2D eigenvalue weighted by molar-refractivity contribution is 7.98. The van der Waals surface area contributed by atoms with E-state index in [1.165, 1.54) is 0 Å². The van der Waals surface area contributed by atoms with Crippen molar-refractivity contribution in [1.82, 2.24) is 5.32 Å². The number of carbonyl (C=O) groups is 2. The maximum atomic E-state index is 11.5. The van der Waals surface area contributed by atoms with Gasteiger partial charge >= 0.3 is 11.8 Å². The Bertz CT molecular complexity index is 407. The zero-order chi connectivity index (χ0) is 12.7. The Kier molecular flexibility index (Phi) is 5.56. The third-order valence-corrected chi connectivity index (χ3v) is 2.79. The SMILES string of the molecule is CCCNC(=O)C(=O)Nc1cccc(SC)c1. The summed E-state index contributed by atoms with van der Waals surface area (Å²) in [5.74, 6) is -1.22. The first-order valence-corrected chi connectivity index (χ1v) is 6.63. The average Bonchev–Trinajstić information content (AvgIpc) is 2.36. The molecule has 1 aromatic rings. The molecular weight excluding hydrogens is 236 g/mol. The highest BCUT2D eigenvalue weighted by atomic mass is 32.2.